The lowest BCUT2D eigenvalue weighted by molar-refractivity contribution is -0.135. The third kappa shape index (κ3) is 3.02. The van der Waals surface area contributed by atoms with Crippen molar-refractivity contribution >= 4 is 22.9 Å². The molecule has 0 spiro atoms. The topological polar surface area (TPSA) is 149 Å². The van der Waals surface area contributed by atoms with Gasteiger partial charge in [0, 0.05) is 6.42 Å². The molecule has 1 atom stereocenters. The average Bonchev–Trinajstić information content (AvgIpc) is 3.42. The molecule has 1 fully saturated rings. The molecule has 0 bridgehead atoms. The standard InChI is InChI=1S/C18H14N6O5/c25-14-4-2-11(17(26)21-14)24-12-5-9(1-3-13(12)28-18(24)27)6-15-22-16(23-29-15)10-7-19-8-20-10/h1,3,5,7-8,11H,2,4,6H2,(H,19,20)(H,21,25,26). The summed E-state index contributed by atoms with van der Waals surface area (Å²) in [7, 11) is 0. The SMILES string of the molecule is O=C1CCC(n2c(=O)oc3ccc(Cc4nc(-c5cnc[nH]5)no4)cc32)C(=O)N1. The number of piperidine rings is 1. The van der Waals surface area contributed by atoms with Crippen LogP contribution in [-0.4, -0.2) is 36.5 Å². The largest absolute Gasteiger partial charge is 0.420 e. The maximum atomic E-state index is 12.4. The van der Waals surface area contributed by atoms with Gasteiger partial charge in [-0.3, -0.25) is 19.5 Å². The van der Waals surface area contributed by atoms with E-state index in [9.17, 15) is 14.4 Å². The zero-order valence-corrected chi connectivity index (χ0v) is 14.9. The van der Waals surface area contributed by atoms with Crippen LogP contribution in [0.5, 0.6) is 0 Å². The van der Waals surface area contributed by atoms with Gasteiger partial charge in [0.05, 0.1) is 24.5 Å². The lowest BCUT2D eigenvalue weighted by Gasteiger charge is -2.21. The number of amides is 2. The minimum Gasteiger partial charge on any atom is -0.408 e. The van der Waals surface area contributed by atoms with Gasteiger partial charge in [-0.05, 0) is 24.1 Å². The molecule has 1 aromatic carbocycles. The molecule has 1 aliphatic heterocycles. The Kier molecular flexibility index (Phi) is 3.86. The highest BCUT2D eigenvalue weighted by molar-refractivity contribution is 6.00. The van der Waals surface area contributed by atoms with Crippen LogP contribution in [0.15, 0.2) is 44.5 Å². The molecule has 29 heavy (non-hydrogen) atoms. The van der Waals surface area contributed by atoms with Gasteiger partial charge in [0.15, 0.2) is 5.58 Å². The summed E-state index contributed by atoms with van der Waals surface area (Å²) in [5.41, 5.74) is 2.25. The van der Waals surface area contributed by atoms with Gasteiger partial charge in [0.25, 0.3) is 0 Å². The summed E-state index contributed by atoms with van der Waals surface area (Å²) in [4.78, 5) is 47.1. The van der Waals surface area contributed by atoms with Gasteiger partial charge in [0.2, 0.25) is 23.5 Å². The molecule has 1 aliphatic rings. The average molecular weight is 394 g/mol. The highest BCUT2D eigenvalue weighted by Crippen LogP contribution is 2.25. The van der Waals surface area contributed by atoms with Gasteiger partial charge in [-0.25, -0.2) is 9.78 Å². The highest BCUT2D eigenvalue weighted by Gasteiger charge is 2.31. The van der Waals surface area contributed by atoms with E-state index in [0.29, 0.717) is 34.9 Å². The first-order chi connectivity index (χ1) is 14.1. The van der Waals surface area contributed by atoms with Crippen LogP contribution in [0.1, 0.15) is 30.3 Å². The predicted octanol–water partition coefficient (Wildman–Crippen LogP) is 0.936. The fraction of sp³-hybridized carbons (Fsp3) is 0.222. The quantitative estimate of drug-likeness (QED) is 0.486. The number of carbonyl (C=O) groups is 2. The Balaban J connectivity index is 1.48. The smallest absolute Gasteiger partial charge is 0.408 e. The summed E-state index contributed by atoms with van der Waals surface area (Å²) in [6.45, 7) is 0. The van der Waals surface area contributed by atoms with Crippen LogP contribution in [0.4, 0.5) is 0 Å². The fourth-order valence-corrected chi connectivity index (χ4v) is 3.40. The third-order valence-electron chi connectivity index (χ3n) is 4.76. The summed E-state index contributed by atoms with van der Waals surface area (Å²) in [6, 6.07) is 4.37. The van der Waals surface area contributed by atoms with E-state index in [1.54, 1.807) is 24.4 Å². The number of rotatable bonds is 4. The number of imide groups is 1. The van der Waals surface area contributed by atoms with Crippen LogP contribution in [0.2, 0.25) is 0 Å². The van der Waals surface area contributed by atoms with Gasteiger partial charge in [-0.1, -0.05) is 11.2 Å². The summed E-state index contributed by atoms with van der Waals surface area (Å²) >= 11 is 0. The molecule has 2 amide bonds. The number of benzene rings is 1. The number of carbonyl (C=O) groups excluding carboxylic acids is 2. The predicted molar refractivity (Wildman–Crippen MR) is 96.6 cm³/mol. The second-order valence-corrected chi connectivity index (χ2v) is 6.66. The summed E-state index contributed by atoms with van der Waals surface area (Å²) < 4.78 is 11.8. The minimum absolute atomic E-state index is 0.160. The Labute approximate surface area is 161 Å². The van der Waals surface area contributed by atoms with E-state index in [1.165, 1.54) is 10.9 Å². The first kappa shape index (κ1) is 17.1. The van der Waals surface area contributed by atoms with Crippen molar-refractivity contribution in [2.75, 3.05) is 0 Å². The molecule has 1 saturated heterocycles. The van der Waals surface area contributed by atoms with Crippen LogP contribution >= 0.6 is 0 Å². The van der Waals surface area contributed by atoms with Crippen molar-refractivity contribution in [2.24, 2.45) is 0 Å². The number of imidazole rings is 1. The van der Waals surface area contributed by atoms with Crippen molar-refractivity contribution in [3.63, 3.8) is 0 Å². The van der Waals surface area contributed by atoms with Crippen LogP contribution in [0, 0.1) is 0 Å². The number of nitrogens with one attached hydrogen (secondary N) is 2. The van der Waals surface area contributed by atoms with Gasteiger partial charge in [-0.2, -0.15) is 4.98 Å². The number of nitrogens with zero attached hydrogens (tertiary/aromatic N) is 4. The first-order valence-corrected chi connectivity index (χ1v) is 8.87. The molecule has 2 N–H and O–H groups in total. The molecule has 146 valence electrons. The Bertz CT molecular complexity index is 1280. The maximum absolute atomic E-state index is 12.4. The Morgan fingerprint density at radius 3 is 2.93 bits per heavy atom. The first-order valence-electron chi connectivity index (χ1n) is 8.87. The van der Waals surface area contributed by atoms with Crippen LogP contribution in [-0.2, 0) is 16.0 Å². The number of H-pyrrole nitrogens is 1. The second-order valence-electron chi connectivity index (χ2n) is 6.66. The molecule has 0 radical (unpaired) electrons. The van der Waals surface area contributed by atoms with Gasteiger partial charge < -0.3 is 13.9 Å². The van der Waals surface area contributed by atoms with E-state index in [2.05, 4.69) is 25.4 Å². The van der Waals surface area contributed by atoms with Crippen LogP contribution < -0.4 is 11.1 Å². The van der Waals surface area contributed by atoms with Crippen LogP contribution in [0.3, 0.4) is 0 Å². The molecular weight excluding hydrogens is 380 g/mol. The van der Waals surface area contributed by atoms with E-state index in [4.69, 9.17) is 8.94 Å². The third-order valence-corrected chi connectivity index (χ3v) is 4.76. The summed E-state index contributed by atoms with van der Waals surface area (Å²) in [6.07, 6.45) is 3.83. The number of hydrogen-bond acceptors (Lipinski definition) is 8. The zero-order chi connectivity index (χ0) is 20.0. The molecule has 11 nitrogen and oxygen atoms in total. The van der Waals surface area contributed by atoms with E-state index in [-0.39, 0.29) is 18.7 Å². The lowest BCUT2D eigenvalue weighted by Crippen LogP contribution is -2.43. The summed E-state index contributed by atoms with van der Waals surface area (Å²) in [5.74, 6) is -0.740. The zero-order valence-electron chi connectivity index (χ0n) is 14.9. The number of fused-ring (bicyclic) bond motifs is 1. The lowest BCUT2D eigenvalue weighted by atomic mass is 10.1. The van der Waals surface area contributed by atoms with Gasteiger partial charge in [0.1, 0.15) is 11.7 Å². The van der Waals surface area contributed by atoms with E-state index >= 15 is 0 Å². The monoisotopic (exact) mass is 394 g/mol. The maximum Gasteiger partial charge on any atom is 0.420 e. The van der Waals surface area contributed by atoms with E-state index in [0.717, 1.165) is 5.56 Å². The molecule has 0 aliphatic carbocycles. The number of oxazole rings is 1. The number of aromatic amines is 1. The molecule has 5 rings (SSSR count). The minimum atomic E-state index is -0.799. The molecule has 11 heteroatoms. The molecule has 1 unspecified atom stereocenters. The van der Waals surface area contributed by atoms with Crippen molar-refractivity contribution in [3.05, 3.63) is 52.7 Å². The normalized spacial score (nSPS) is 17.0. The van der Waals surface area contributed by atoms with Crippen molar-refractivity contribution in [3.8, 4) is 11.5 Å². The van der Waals surface area contributed by atoms with Gasteiger partial charge >= 0.3 is 5.76 Å². The molecule has 4 aromatic rings. The molecular formula is C18H14N6O5. The van der Waals surface area contributed by atoms with Crippen molar-refractivity contribution < 1.29 is 18.5 Å². The fourth-order valence-electron chi connectivity index (χ4n) is 3.40. The molecule has 0 saturated carbocycles. The highest BCUT2D eigenvalue weighted by atomic mass is 16.5. The summed E-state index contributed by atoms with van der Waals surface area (Å²) in [5, 5.41) is 6.17. The number of hydrogen-bond donors (Lipinski definition) is 2. The number of aromatic nitrogens is 5. The molecule has 4 heterocycles. The van der Waals surface area contributed by atoms with E-state index in [1.807, 2.05) is 0 Å². The molecule has 3 aromatic heterocycles. The van der Waals surface area contributed by atoms with Crippen molar-refractivity contribution in [2.45, 2.75) is 25.3 Å². The van der Waals surface area contributed by atoms with Gasteiger partial charge in [-0.15, -0.1) is 0 Å². The van der Waals surface area contributed by atoms with Crippen molar-refractivity contribution in [1.29, 1.82) is 0 Å². The van der Waals surface area contributed by atoms with Crippen molar-refractivity contribution in [1.82, 2.24) is 30.0 Å². The second kappa shape index (κ2) is 6.55. The van der Waals surface area contributed by atoms with Crippen LogP contribution in [0.25, 0.3) is 22.6 Å². The Morgan fingerprint density at radius 2 is 2.14 bits per heavy atom. The van der Waals surface area contributed by atoms with E-state index < -0.39 is 17.7 Å². The Morgan fingerprint density at radius 1 is 1.24 bits per heavy atom. The Hall–Kier alpha value is -4.02.